The molecule has 0 N–H and O–H groups in total. The summed E-state index contributed by atoms with van der Waals surface area (Å²) < 4.78 is 2.53. The van der Waals surface area contributed by atoms with E-state index in [0.717, 1.165) is 73.1 Å². The van der Waals surface area contributed by atoms with Gasteiger partial charge in [0.25, 0.3) is 6.71 Å². The van der Waals surface area contributed by atoms with Crippen LogP contribution < -0.4 is 26.2 Å². The van der Waals surface area contributed by atoms with Gasteiger partial charge in [-0.05, 0) is 143 Å². The Labute approximate surface area is 559 Å². The Bertz CT molecular complexity index is 5360. The van der Waals surface area contributed by atoms with Crippen LogP contribution in [0.1, 0.15) is 44.5 Å². The van der Waals surface area contributed by atoms with E-state index in [1.165, 1.54) is 93.9 Å². The van der Waals surface area contributed by atoms with Gasteiger partial charge in [-0.15, -0.1) is 0 Å². The van der Waals surface area contributed by atoms with Gasteiger partial charge in [0.2, 0.25) is 0 Å². The molecule has 446 valence electrons. The molecule has 0 amide bonds. The van der Waals surface area contributed by atoms with E-state index >= 15 is 0 Å². The van der Waals surface area contributed by atoms with Crippen LogP contribution in [0.5, 0.6) is 0 Å². The first-order valence-corrected chi connectivity index (χ1v) is 33.5. The molecule has 0 radical (unpaired) electrons. The molecule has 0 spiro atoms. The van der Waals surface area contributed by atoms with Crippen molar-refractivity contribution in [2.24, 2.45) is 0 Å². The van der Waals surface area contributed by atoms with Crippen LogP contribution in [0.15, 0.2) is 364 Å². The molecule has 0 saturated carbocycles. The van der Waals surface area contributed by atoms with Crippen molar-refractivity contribution >= 4 is 79.0 Å². The van der Waals surface area contributed by atoms with Crippen molar-refractivity contribution < 1.29 is 0 Å². The lowest BCUT2D eigenvalue weighted by atomic mass is 9.33. The third kappa shape index (κ3) is 7.55. The fourth-order valence-corrected chi connectivity index (χ4v) is 17.8. The SMILES string of the molecule is c1ccc(-c2ccccc2N2c3cc4c(cc3B3c5cc6c(cc5N(c5ccccc5-c5ccccc5)c5cc(-n7c8ccccc8c8ccccc87)cc2c53)-c2ccccc2C6(c2ccccc2)c2ccccc2)C(c2ccccc2)(c2ccccc2)c2ccccc2-4)cc1. The molecule has 1 aromatic heterocycles. The number of nitrogens with zero attached hydrogens (tertiary/aromatic N) is 3. The lowest BCUT2D eigenvalue weighted by molar-refractivity contribution is 0.769. The van der Waals surface area contributed by atoms with Crippen molar-refractivity contribution in [1.82, 2.24) is 4.57 Å². The van der Waals surface area contributed by atoms with Crippen LogP contribution in [0, 0.1) is 0 Å². The Kier molecular flexibility index (Phi) is 12.0. The van der Waals surface area contributed by atoms with Gasteiger partial charge in [0.1, 0.15) is 0 Å². The monoisotopic (exact) mass is 1220 g/mol. The first-order chi connectivity index (χ1) is 47.7. The zero-order chi connectivity index (χ0) is 63.1. The standard InChI is InChI=1S/C92H60BN3/c1-7-31-61(32-8-1)68-43-21-27-51-82(68)95-86-57-74-70-45-19-25-49-76(70)91(63-35-11-3-12-36-63,64-37-13-4-14-38-64)78(74)59-80(86)93-81-60-79-75(71-46-20-26-50-77(71)92(79,65-39-15-5-16-40-65)66-41-17-6-18-42-66)58-87(81)96(83-52-28-22-44-69(83)62-33-9-2-10-34-62)89-56-67(55-88(95)90(89)93)94-84-53-29-23-47-72(84)73-48-24-30-54-85(73)94/h1-60H. The second-order valence-corrected chi connectivity index (χ2v) is 26.1. The Morgan fingerprint density at radius 3 is 0.948 bits per heavy atom. The number of hydrogen-bond acceptors (Lipinski definition) is 2. The van der Waals surface area contributed by atoms with Crippen LogP contribution in [0.2, 0.25) is 0 Å². The molecule has 16 aromatic rings. The van der Waals surface area contributed by atoms with Crippen molar-refractivity contribution in [3.8, 4) is 50.2 Å². The van der Waals surface area contributed by atoms with Crippen LogP contribution in [0.4, 0.5) is 34.1 Å². The average molecular weight is 1220 g/mol. The minimum absolute atomic E-state index is 0.302. The summed E-state index contributed by atoms with van der Waals surface area (Å²) in [5.74, 6) is 0. The lowest BCUT2D eigenvalue weighted by Gasteiger charge is -2.46. The number of rotatable bonds is 9. The van der Waals surface area contributed by atoms with Gasteiger partial charge in [-0.2, -0.15) is 0 Å². The van der Waals surface area contributed by atoms with Gasteiger partial charge in [0, 0.05) is 44.6 Å². The molecule has 0 saturated heterocycles. The highest BCUT2D eigenvalue weighted by atomic mass is 15.2. The number of benzene rings is 15. The highest BCUT2D eigenvalue weighted by Gasteiger charge is 2.53. The van der Waals surface area contributed by atoms with Gasteiger partial charge >= 0.3 is 0 Å². The maximum absolute atomic E-state index is 2.68. The summed E-state index contributed by atoms with van der Waals surface area (Å²) in [6.45, 7) is -0.302. The molecule has 15 aromatic carbocycles. The van der Waals surface area contributed by atoms with E-state index in [2.05, 4.69) is 378 Å². The normalized spacial score (nSPS) is 13.9. The predicted octanol–water partition coefficient (Wildman–Crippen LogP) is 20.9. The van der Waals surface area contributed by atoms with Gasteiger partial charge < -0.3 is 14.4 Å². The topological polar surface area (TPSA) is 11.4 Å². The summed E-state index contributed by atoms with van der Waals surface area (Å²) in [5.41, 5.74) is 32.1. The zero-order valence-corrected chi connectivity index (χ0v) is 52.6. The number of fused-ring (bicyclic) bond motifs is 13. The van der Waals surface area contributed by atoms with Gasteiger partial charge in [0.05, 0.1) is 38.9 Å². The predicted molar refractivity (Wildman–Crippen MR) is 400 cm³/mol. The molecule has 2 aliphatic heterocycles. The maximum atomic E-state index is 2.68. The van der Waals surface area contributed by atoms with E-state index < -0.39 is 10.8 Å². The van der Waals surface area contributed by atoms with Crippen molar-refractivity contribution in [2.75, 3.05) is 9.80 Å². The summed E-state index contributed by atoms with van der Waals surface area (Å²) in [5, 5.41) is 2.43. The summed E-state index contributed by atoms with van der Waals surface area (Å²) >= 11 is 0. The Morgan fingerprint density at radius 1 is 0.229 bits per heavy atom. The van der Waals surface area contributed by atoms with Crippen molar-refractivity contribution in [3.63, 3.8) is 0 Å². The lowest BCUT2D eigenvalue weighted by Crippen LogP contribution is -2.62. The van der Waals surface area contributed by atoms with E-state index in [0.29, 0.717) is 0 Å². The number of anilines is 6. The molecule has 0 atom stereocenters. The molecule has 3 heterocycles. The molecule has 0 fully saturated rings. The Hall–Kier alpha value is -12.2. The molecule has 4 aliphatic rings. The molecule has 0 unspecified atom stereocenters. The summed E-state index contributed by atoms with van der Waals surface area (Å²) in [4.78, 5) is 5.35. The second kappa shape index (κ2) is 21.1. The molecular formula is C92H60BN3. The first kappa shape index (κ1) is 54.3. The van der Waals surface area contributed by atoms with Crippen LogP contribution in [-0.4, -0.2) is 11.3 Å². The van der Waals surface area contributed by atoms with Gasteiger partial charge in [-0.25, -0.2) is 0 Å². The zero-order valence-electron chi connectivity index (χ0n) is 52.6. The minimum Gasteiger partial charge on any atom is -0.311 e. The van der Waals surface area contributed by atoms with Crippen LogP contribution >= 0.6 is 0 Å². The van der Waals surface area contributed by atoms with E-state index in [9.17, 15) is 0 Å². The summed E-state index contributed by atoms with van der Waals surface area (Å²) in [7, 11) is 0. The maximum Gasteiger partial charge on any atom is 0.252 e. The Morgan fingerprint density at radius 2 is 0.552 bits per heavy atom. The quantitative estimate of drug-likeness (QED) is 0.133. The highest BCUT2D eigenvalue weighted by molar-refractivity contribution is 7.00. The molecule has 2 aliphatic carbocycles. The van der Waals surface area contributed by atoms with E-state index in [1.54, 1.807) is 0 Å². The van der Waals surface area contributed by atoms with Crippen molar-refractivity contribution in [2.45, 2.75) is 10.8 Å². The molecule has 96 heavy (non-hydrogen) atoms. The van der Waals surface area contributed by atoms with Gasteiger partial charge in [-0.3, -0.25) is 0 Å². The summed E-state index contributed by atoms with van der Waals surface area (Å²) in [6.07, 6.45) is 0. The third-order valence-electron chi connectivity index (χ3n) is 21.5. The van der Waals surface area contributed by atoms with Crippen molar-refractivity contribution in [3.05, 3.63) is 408 Å². The van der Waals surface area contributed by atoms with E-state index in [4.69, 9.17) is 0 Å². The average Bonchev–Trinajstić information content (AvgIpc) is 1.34. The molecular weight excluding hydrogens is 1160 g/mol. The number of aromatic nitrogens is 1. The van der Waals surface area contributed by atoms with Crippen LogP contribution in [0.25, 0.3) is 72.0 Å². The highest BCUT2D eigenvalue weighted by Crippen LogP contribution is 2.61. The molecule has 4 heteroatoms. The van der Waals surface area contributed by atoms with Crippen LogP contribution in [-0.2, 0) is 10.8 Å². The fraction of sp³-hybridized carbons (Fsp3) is 0.0217. The smallest absolute Gasteiger partial charge is 0.252 e. The van der Waals surface area contributed by atoms with E-state index in [1.807, 2.05) is 0 Å². The third-order valence-corrected chi connectivity index (χ3v) is 21.5. The Balaban J connectivity index is 0.999. The molecule has 3 nitrogen and oxygen atoms in total. The van der Waals surface area contributed by atoms with Crippen molar-refractivity contribution in [1.29, 1.82) is 0 Å². The summed E-state index contributed by atoms with van der Waals surface area (Å²) in [6, 6.07) is 138. The first-order valence-electron chi connectivity index (χ1n) is 33.5. The number of hydrogen-bond donors (Lipinski definition) is 0. The fourth-order valence-electron chi connectivity index (χ4n) is 17.8. The van der Waals surface area contributed by atoms with Crippen LogP contribution in [0.3, 0.4) is 0 Å². The second-order valence-electron chi connectivity index (χ2n) is 26.1. The number of para-hydroxylation sites is 4. The minimum atomic E-state index is -0.673. The largest absolute Gasteiger partial charge is 0.311 e. The van der Waals surface area contributed by atoms with Gasteiger partial charge in [0.15, 0.2) is 0 Å². The van der Waals surface area contributed by atoms with Gasteiger partial charge in [-0.1, -0.05) is 315 Å². The molecule has 20 rings (SSSR count). The molecule has 0 bridgehead atoms. The van der Waals surface area contributed by atoms with E-state index in [-0.39, 0.29) is 6.71 Å².